The van der Waals surface area contributed by atoms with Crippen LogP contribution in [-0.2, 0) is 6.54 Å². The number of likely N-dealkylation sites (tertiary alicyclic amines) is 1. The highest BCUT2D eigenvalue weighted by Gasteiger charge is 2.23. The van der Waals surface area contributed by atoms with Crippen molar-refractivity contribution in [2.75, 3.05) is 50.6 Å². The maximum absolute atomic E-state index is 5.58. The number of rotatable bonds is 10. The van der Waals surface area contributed by atoms with E-state index in [2.05, 4.69) is 59.3 Å². The molecule has 1 unspecified atom stereocenters. The first kappa shape index (κ1) is 24.1. The van der Waals surface area contributed by atoms with E-state index < -0.39 is 0 Å². The van der Waals surface area contributed by atoms with Crippen LogP contribution in [0.25, 0.3) is 10.9 Å². The van der Waals surface area contributed by atoms with Gasteiger partial charge in [0.2, 0.25) is 5.95 Å². The second kappa shape index (κ2) is 11.4. The van der Waals surface area contributed by atoms with Gasteiger partial charge in [-0.05, 0) is 44.4 Å². The van der Waals surface area contributed by atoms with E-state index in [0.29, 0.717) is 17.5 Å². The van der Waals surface area contributed by atoms with Crippen molar-refractivity contribution in [1.82, 2.24) is 14.9 Å². The molecule has 2 aromatic carbocycles. The monoisotopic (exact) mass is 463 g/mol. The highest BCUT2D eigenvalue weighted by molar-refractivity contribution is 5.93. The molecule has 1 aromatic heterocycles. The van der Waals surface area contributed by atoms with Crippen molar-refractivity contribution in [3.8, 4) is 11.5 Å². The summed E-state index contributed by atoms with van der Waals surface area (Å²) in [4.78, 5) is 14.7. The highest BCUT2D eigenvalue weighted by atomic mass is 16.5. The second-order valence-corrected chi connectivity index (χ2v) is 8.88. The van der Waals surface area contributed by atoms with E-state index >= 15 is 0 Å². The van der Waals surface area contributed by atoms with Crippen LogP contribution in [0.15, 0.2) is 42.5 Å². The molecule has 1 aliphatic rings. The Balaban J connectivity index is 1.65. The lowest BCUT2D eigenvalue weighted by Crippen LogP contribution is -2.41. The summed E-state index contributed by atoms with van der Waals surface area (Å²) in [5.74, 6) is 2.98. The van der Waals surface area contributed by atoms with E-state index in [-0.39, 0.29) is 0 Å². The van der Waals surface area contributed by atoms with Gasteiger partial charge in [0.1, 0.15) is 5.82 Å². The summed E-state index contributed by atoms with van der Waals surface area (Å²) in [6.07, 6.45) is 3.32. The summed E-state index contributed by atoms with van der Waals surface area (Å²) in [5, 5.41) is 4.73. The van der Waals surface area contributed by atoms with Gasteiger partial charge in [-0.2, -0.15) is 4.98 Å². The van der Waals surface area contributed by atoms with Gasteiger partial charge in [0.05, 0.1) is 19.7 Å². The average molecular weight is 464 g/mol. The summed E-state index contributed by atoms with van der Waals surface area (Å²) in [7, 11) is 3.32. The molecule has 2 heterocycles. The molecular formula is C27H37N5O2. The largest absolute Gasteiger partial charge is 0.493 e. The standard InChI is InChI=1S/C27H37N5O2/c1-5-14-32(6-2)27-29-23-17-25(34-4)24(33-3)16-22(23)26(30-27)28-21-13-10-15-31(19-21)18-20-11-8-7-9-12-20/h7-9,11-12,16-17,21H,5-6,10,13-15,18-19H2,1-4H3,(H,28,29,30). The van der Waals surface area contributed by atoms with E-state index in [1.807, 2.05) is 12.1 Å². The number of piperidine rings is 1. The highest BCUT2D eigenvalue weighted by Crippen LogP contribution is 2.35. The Morgan fingerprint density at radius 1 is 1.06 bits per heavy atom. The smallest absolute Gasteiger partial charge is 0.227 e. The predicted molar refractivity (Wildman–Crippen MR) is 139 cm³/mol. The number of anilines is 2. The Labute approximate surface area is 203 Å². The minimum Gasteiger partial charge on any atom is -0.493 e. The van der Waals surface area contributed by atoms with Crippen LogP contribution in [0.3, 0.4) is 0 Å². The van der Waals surface area contributed by atoms with Crippen molar-refractivity contribution < 1.29 is 9.47 Å². The summed E-state index contributed by atoms with van der Waals surface area (Å²) >= 11 is 0. The third-order valence-electron chi connectivity index (χ3n) is 6.44. The maximum Gasteiger partial charge on any atom is 0.227 e. The van der Waals surface area contributed by atoms with E-state index in [9.17, 15) is 0 Å². The number of nitrogens with zero attached hydrogens (tertiary/aromatic N) is 4. The van der Waals surface area contributed by atoms with Crippen molar-refractivity contribution in [2.24, 2.45) is 0 Å². The van der Waals surface area contributed by atoms with Crippen molar-refractivity contribution in [3.05, 3.63) is 48.0 Å². The Bertz CT molecular complexity index is 1080. The van der Waals surface area contributed by atoms with Crippen molar-refractivity contribution in [1.29, 1.82) is 0 Å². The topological polar surface area (TPSA) is 62.8 Å². The fourth-order valence-corrected chi connectivity index (χ4v) is 4.72. The lowest BCUT2D eigenvalue weighted by molar-refractivity contribution is 0.208. The van der Waals surface area contributed by atoms with E-state index in [1.54, 1.807) is 14.2 Å². The summed E-state index contributed by atoms with van der Waals surface area (Å²) < 4.78 is 11.1. The number of methoxy groups -OCH3 is 2. The molecule has 3 aromatic rings. The number of hydrogen-bond acceptors (Lipinski definition) is 7. The van der Waals surface area contributed by atoms with Gasteiger partial charge in [0.25, 0.3) is 0 Å². The number of fused-ring (bicyclic) bond motifs is 1. The molecule has 1 aliphatic heterocycles. The number of benzene rings is 2. The van der Waals surface area contributed by atoms with Gasteiger partial charge in [-0.3, -0.25) is 4.90 Å². The van der Waals surface area contributed by atoms with Gasteiger partial charge < -0.3 is 19.7 Å². The van der Waals surface area contributed by atoms with Crippen LogP contribution in [0.4, 0.5) is 11.8 Å². The van der Waals surface area contributed by atoms with E-state index in [0.717, 1.165) is 74.7 Å². The number of aromatic nitrogens is 2. The Morgan fingerprint density at radius 3 is 2.53 bits per heavy atom. The molecule has 0 saturated carbocycles. The first-order chi connectivity index (χ1) is 16.6. The molecule has 0 aliphatic carbocycles. The Kier molecular flexibility index (Phi) is 8.06. The molecular weight excluding hydrogens is 426 g/mol. The fourth-order valence-electron chi connectivity index (χ4n) is 4.72. The summed E-state index contributed by atoms with van der Waals surface area (Å²) in [6, 6.07) is 15.0. The molecule has 0 bridgehead atoms. The zero-order valence-corrected chi connectivity index (χ0v) is 20.9. The first-order valence-electron chi connectivity index (χ1n) is 12.4. The molecule has 7 nitrogen and oxygen atoms in total. The van der Waals surface area contributed by atoms with Crippen LogP contribution in [0, 0.1) is 0 Å². The van der Waals surface area contributed by atoms with Gasteiger partial charge >= 0.3 is 0 Å². The minimum atomic E-state index is 0.317. The SMILES string of the molecule is CCCN(CC)c1nc(NC2CCCN(Cc3ccccc3)C2)c2cc(OC)c(OC)cc2n1. The zero-order valence-electron chi connectivity index (χ0n) is 20.9. The normalized spacial score (nSPS) is 16.4. The van der Waals surface area contributed by atoms with E-state index in [4.69, 9.17) is 19.4 Å². The van der Waals surface area contributed by atoms with Crippen molar-refractivity contribution >= 4 is 22.7 Å². The molecule has 0 amide bonds. The third-order valence-corrected chi connectivity index (χ3v) is 6.44. The maximum atomic E-state index is 5.58. The third kappa shape index (κ3) is 5.53. The van der Waals surface area contributed by atoms with Crippen LogP contribution >= 0.6 is 0 Å². The number of hydrogen-bond donors (Lipinski definition) is 1. The molecule has 1 atom stereocenters. The molecule has 182 valence electrons. The van der Waals surface area contributed by atoms with Crippen LogP contribution < -0.4 is 19.7 Å². The second-order valence-electron chi connectivity index (χ2n) is 8.88. The predicted octanol–water partition coefficient (Wildman–Crippen LogP) is 4.96. The zero-order chi connectivity index (χ0) is 23.9. The van der Waals surface area contributed by atoms with Gasteiger partial charge in [0, 0.05) is 43.7 Å². The number of nitrogens with one attached hydrogen (secondary N) is 1. The molecule has 0 radical (unpaired) electrons. The van der Waals surface area contributed by atoms with Gasteiger partial charge in [0.15, 0.2) is 11.5 Å². The molecule has 0 spiro atoms. The summed E-state index contributed by atoms with van der Waals surface area (Å²) in [6.45, 7) is 9.18. The Morgan fingerprint density at radius 2 is 1.82 bits per heavy atom. The van der Waals surface area contributed by atoms with Crippen LogP contribution in [-0.4, -0.2) is 61.3 Å². The minimum absolute atomic E-state index is 0.317. The van der Waals surface area contributed by atoms with Crippen molar-refractivity contribution in [3.63, 3.8) is 0 Å². The van der Waals surface area contributed by atoms with Crippen LogP contribution in [0.2, 0.25) is 0 Å². The quantitative estimate of drug-likeness (QED) is 0.456. The molecule has 1 N–H and O–H groups in total. The lowest BCUT2D eigenvalue weighted by atomic mass is 10.0. The molecule has 1 saturated heterocycles. The first-order valence-corrected chi connectivity index (χ1v) is 12.4. The molecule has 34 heavy (non-hydrogen) atoms. The summed E-state index contributed by atoms with van der Waals surface area (Å²) in [5.41, 5.74) is 2.21. The van der Waals surface area contributed by atoms with Crippen LogP contribution in [0.1, 0.15) is 38.7 Å². The lowest BCUT2D eigenvalue weighted by Gasteiger charge is -2.34. The van der Waals surface area contributed by atoms with Gasteiger partial charge in [-0.1, -0.05) is 37.3 Å². The van der Waals surface area contributed by atoms with Gasteiger partial charge in [-0.25, -0.2) is 4.98 Å². The van der Waals surface area contributed by atoms with Gasteiger partial charge in [-0.15, -0.1) is 0 Å². The number of ether oxygens (including phenoxy) is 2. The average Bonchev–Trinajstić information content (AvgIpc) is 2.87. The fraction of sp³-hybridized carbons (Fsp3) is 0.481. The van der Waals surface area contributed by atoms with Crippen molar-refractivity contribution in [2.45, 2.75) is 45.7 Å². The molecule has 1 fully saturated rings. The van der Waals surface area contributed by atoms with Crippen LogP contribution in [0.5, 0.6) is 11.5 Å². The molecule has 4 rings (SSSR count). The van der Waals surface area contributed by atoms with E-state index in [1.165, 1.54) is 5.56 Å². The molecule has 7 heteroatoms. The Hall–Kier alpha value is -3.06.